The number of hydrogen-bond donors (Lipinski definition) is 1. The lowest BCUT2D eigenvalue weighted by molar-refractivity contribution is 0.0998. The first-order valence-corrected chi connectivity index (χ1v) is 4.35. The van der Waals surface area contributed by atoms with E-state index in [1.54, 1.807) is 7.11 Å². The fraction of sp³-hybridized carbons (Fsp3) is 0.778. The van der Waals surface area contributed by atoms with Crippen LogP contribution in [-0.2, 0) is 9.47 Å². The Morgan fingerprint density at radius 2 is 2.50 bits per heavy atom. The first-order valence-electron chi connectivity index (χ1n) is 4.35. The predicted octanol–water partition coefficient (Wildman–Crippen LogP) is 1.04. The van der Waals surface area contributed by atoms with Gasteiger partial charge in [-0.25, -0.2) is 0 Å². The fourth-order valence-electron chi connectivity index (χ4n) is 1.27. The van der Waals surface area contributed by atoms with Crippen LogP contribution in [0.4, 0.5) is 0 Å². The van der Waals surface area contributed by atoms with Crippen LogP contribution in [0.5, 0.6) is 0 Å². The molecule has 12 heavy (non-hydrogen) atoms. The van der Waals surface area contributed by atoms with Crippen molar-refractivity contribution < 1.29 is 9.47 Å². The lowest BCUT2D eigenvalue weighted by Gasteiger charge is -2.16. The SMILES string of the molecule is COC(C)CC(N)C1=CCCO1. The van der Waals surface area contributed by atoms with Crippen LogP contribution in [0.2, 0.25) is 0 Å². The molecule has 0 saturated carbocycles. The van der Waals surface area contributed by atoms with Gasteiger partial charge in [0.1, 0.15) is 5.76 Å². The third-order valence-electron chi connectivity index (χ3n) is 2.09. The topological polar surface area (TPSA) is 44.5 Å². The molecule has 1 heterocycles. The molecule has 0 spiro atoms. The first kappa shape index (κ1) is 9.55. The summed E-state index contributed by atoms with van der Waals surface area (Å²) in [6.45, 7) is 2.79. The van der Waals surface area contributed by atoms with Crippen molar-refractivity contribution in [2.45, 2.75) is 31.9 Å². The maximum atomic E-state index is 5.88. The number of methoxy groups -OCH3 is 1. The minimum atomic E-state index is 0.00227. The molecule has 0 aromatic carbocycles. The maximum absolute atomic E-state index is 5.88. The molecule has 0 aromatic rings. The van der Waals surface area contributed by atoms with E-state index >= 15 is 0 Å². The van der Waals surface area contributed by atoms with Crippen molar-refractivity contribution >= 4 is 0 Å². The smallest absolute Gasteiger partial charge is 0.109 e. The second-order valence-electron chi connectivity index (χ2n) is 3.13. The van der Waals surface area contributed by atoms with E-state index in [2.05, 4.69) is 6.08 Å². The molecule has 1 rings (SSSR count). The summed E-state index contributed by atoms with van der Waals surface area (Å²) in [4.78, 5) is 0. The van der Waals surface area contributed by atoms with Gasteiger partial charge in [-0.2, -0.15) is 0 Å². The Bertz CT molecular complexity index is 168. The van der Waals surface area contributed by atoms with Crippen LogP contribution in [0.1, 0.15) is 19.8 Å². The van der Waals surface area contributed by atoms with Crippen LogP contribution in [0.3, 0.4) is 0 Å². The molecule has 1 aliphatic heterocycles. The highest BCUT2D eigenvalue weighted by Gasteiger charge is 2.16. The number of nitrogens with two attached hydrogens (primary N) is 1. The average molecular weight is 171 g/mol. The monoisotopic (exact) mass is 171 g/mol. The first-order chi connectivity index (χ1) is 5.74. The maximum Gasteiger partial charge on any atom is 0.109 e. The highest BCUT2D eigenvalue weighted by Crippen LogP contribution is 2.15. The summed E-state index contributed by atoms with van der Waals surface area (Å²) in [5, 5.41) is 0. The molecule has 0 saturated heterocycles. The molecule has 3 heteroatoms. The quantitative estimate of drug-likeness (QED) is 0.687. The molecule has 0 bridgehead atoms. The average Bonchev–Trinajstić information content (AvgIpc) is 2.56. The zero-order valence-corrected chi connectivity index (χ0v) is 7.75. The lowest BCUT2D eigenvalue weighted by atomic mass is 10.1. The van der Waals surface area contributed by atoms with Crippen molar-refractivity contribution in [3.63, 3.8) is 0 Å². The van der Waals surface area contributed by atoms with E-state index in [0.717, 1.165) is 25.2 Å². The normalized spacial score (nSPS) is 21.4. The summed E-state index contributed by atoms with van der Waals surface area (Å²) >= 11 is 0. The molecule has 2 unspecified atom stereocenters. The molecule has 3 nitrogen and oxygen atoms in total. The predicted molar refractivity (Wildman–Crippen MR) is 47.7 cm³/mol. The molecular weight excluding hydrogens is 154 g/mol. The molecule has 0 fully saturated rings. The van der Waals surface area contributed by atoms with Gasteiger partial charge in [0, 0.05) is 13.5 Å². The van der Waals surface area contributed by atoms with Crippen molar-refractivity contribution in [1.82, 2.24) is 0 Å². The number of rotatable bonds is 4. The highest BCUT2D eigenvalue weighted by molar-refractivity contribution is 5.06. The second-order valence-corrected chi connectivity index (χ2v) is 3.13. The van der Waals surface area contributed by atoms with Gasteiger partial charge in [-0.05, 0) is 19.4 Å². The standard InChI is InChI=1S/C9H17NO2/c1-7(11-2)6-8(10)9-4-3-5-12-9/h4,7-8H,3,5-6,10H2,1-2H3. The molecule has 2 N–H and O–H groups in total. The largest absolute Gasteiger partial charge is 0.496 e. The third-order valence-corrected chi connectivity index (χ3v) is 2.09. The third kappa shape index (κ3) is 2.50. The van der Waals surface area contributed by atoms with Crippen LogP contribution in [-0.4, -0.2) is 25.9 Å². The zero-order valence-electron chi connectivity index (χ0n) is 7.75. The van der Waals surface area contributed by atoms with Gasteiger partial charge in [0.2, 0.25) is 0 Å². The lowest BCUT2D eigenvalue weighted by Crippen LogP contribution is -2.28. The Morgan fingerprint density at radius 3 is 3.00 bits per heavy atom. The van der Waals surface area contributed by atoms with Gasteiger partial charge in [-0.3, -0.25) is 0 Å². The van der Waals surface area contributed by atoms with E-state index < -0.39 is 0 Å². The van der Waals surface area contributed by atoms with Gasteiger partial charge in [0.25, 0.3) is 0 Å². The number of ether oxygens (including phenoxy) is 2. The van der Waals surface area contributed by atoms with Gasteiger partial charge in [-0.1, -0.05) is 0 Å². The zero-order chi connectivity index (χ0) is 8.97. The Kier molecular flexibility index (Phi) is 3.56. The van der Waals surface area contributed by atoms with Crippen LogP contribution in [0.15, 0.2) is 11.8 Å². The van der Waals surface area contributed by atoms with Crippen LogP contribution in [0.25, 0.3) is 0 Å². The fourth-order valence-corrected chi connectivity index (χ4v) is 1.27. The molecule has 1 aliphatic rings. The molecule has 0 aromatic heterocycles. The Morgan fingerprint density at radius 1 is 1.75 bits per heavy atom. The van der Waals surface area contributed by atoms with Crippen LogP contribution < -0.4 is 5.73 Å². The summed E-state index contributed by atoms with van der Waals surface area (Å²) in [7, 11) is 1.70. The van der Waals surface area contributed by atoms with Crippen molar-refractivity contribution in [2.75, 3.05) is 13.7 Å². The minimum absolute atomic E-state index is 0.00227. The molecular formula is C9H17NO2. The molecule has 0 radical (unpaired) electrons. The van der Waals surface area contributed by atoms with Crippen molar-refractivity contribution in [3.8, 4) is 0 Å². The van der Waals surface area contributed by atoms with E-state index in [-0.39, 0.29) is 12.1 Å². The summed E-state index contributed by atoms with van der Waals surface area (Å²) in [6, 6.07) is 0.00227. The van der Waals surface area contributed by atoms with Gasteiger partial charge in [0.15, 0.2) is 0 Å². The molecule has 70 valence electrons. The summed E-state index contributed by atoms with van der Waals surface area (Å²) in [5.41, 5.74) is 5.88. The Hall–Kier alpha value is -0.540. The highest BCUT2D eigenvalue weighted by atomic mass is 16.5. The van der Waals surface area contributed by atoms with Gasteiger partial charge < -0.3 is 15.2 Å². The van der Waals surface area contributed by atoms with Gasteiger partial charge in [0.05, 0.1) is 18.8 Å². The van der Waals surface area contributed by atoms with Crippen LogP contribution >= 0.6 is 0 Å². The van der Waals surface area contributed by atoms with E-state index in [1.807, 2.05) is 6.92 Å². The van der Waals surface area contributed by atoms with Crippen molar-refractivity contribution in [2.24, 2.45) is 5.73 Å². The van der Waals surface area contributed by atoms with Crippen LogP contribution in [0, 0.1) is 0 Å². The van der Waals surface area contributed by atoms with Gasteiger partial charge in [-0.15, -0.1) is 0 Å². The van der Waals surface area contributed by atoms with Gasteiger partial charge >= 0.3 is 0 Å². The van der Waals surface area contributed by atoms with E-state index in [1.165, 1.54) is 0 Å². The Balaban J connectivity index is 2.31. The van der Waals surface area contributed by atoms with Crippen molar-refractivity contribution in [3.05, 3.63) is 11.8 Å². The minimum Gasteiger partial charge on any atom is -0.496 e. The van der Waals surface area contributed by atoms with Crippen molar-refractivity contribution in [1.29, 1.82) is 0 Å². The van der Waals surface area contributed by atoms with E-state index in [0.29, 0.717) is 0 Å². The molecule has 2 atom stereocenters. The van der Waals surface area contributed by atoms with E-state index in [9.17, 15) is 0 Å². The second kappa shape index (κ2) is 4.48. The number of hydrogen-bond acceptors (Lipinski definition) is 3. The van der Waals surface area contributed by atoms with E-state index in [4.69, 9.17) is 15.2 Å². The summed E-state index contributed by atoms with van der Waals surface area (Å²) in [5.74, 6) is 0.930. The molecule has 0 amide bonds. The molecule has 0 aliphatic carbocycles. The summed E-state index contributed by atoms with van der Waals surface area (Å²) in [6.07, 6.45) is 4.07. The summed E-state index contributed by atoms with van der Waals surface area (Å²) < 4.78 is 10.5. The Labute approximate surface area is 73.5 Å².